The molecule has 2 aromatic carbocycles. The first-order valence-electron chi connectivity index (χ1n) is 11.5. The van der Waals surface area contributed by atoms with Crippen molar-refractivity contribution in [1.82, 2.24) is 4.90 Å². The highest BCUT2D eigenvalue weighted by Crippen LogP contribution is 2.34. The molecule has 2 N–H and O–H groups in total. The van der Waals surface area contributed by atoms with E-state index in [2.05, 4.69) is 17.0 Å². The van der Waals surface area contributed by atoms with E-state index in [1.807, 2.05) is 49.1 Å². The quantitative estimate of drug-likeness (QED) is 0.771. The van der Waals surface area contributed by atoms with Crippen LogP contribution in [-0.4, -0.2) is 47.2 Å². The molecule has 0 radical (unpaired) electrons. The number of anilines is 1. The number of aryl methyl sites for hydroxylation is 2. The molecule has 2 aliphatic rings. The normalized spacial score (nSPS) is 19.7. The summed E-state index contributed by atoms with van der Waals surface area (Å²) in [6.45, 7) is 6.79. The molecular weight excluding hydrogens is 388 g/mol. The first-order valence-corrected chi connectivity index (χ1v) is 11.5. The molecule has 31 heavy (non-hydrogen) atoms. The molecule has 0 aromatic heterocycles. The number of amides is 1. The molecule has 1 saturated heterocycles. The monoisotopic (exact) mass is 422 g/mol. The van der Waals surface area contributed by atoms with Gasteiger partial charge in [0.25, 0.3) is 0 Å². The van der Waals surface area contributed by atoms with Crippen molar-refractivity contribution in [3.05, 3.63) is 64.7 Å². The van der Waals surface area contributed by atoms with Gasteiger partial charge >= 0.3 is 0 Å². The van der Waals surface area contributed by atoms with Crippen LogP contribution in [0.3, 0.4) is 0 Å². The molecule has 1 unspecified atom stereocenters. The van der Waals surface area contributed by atoms with Gasteiger partial charge in [-0.3, -0.25) is 4.79 Å². The second-order valence-corrected chi connectivity index (χ2v) is 9.11. The summed E-state index contributed by atoms with van der Waals surface area (Å²) in [5.74, 6) is 0.156. The maximum Gasteiger partial charge on any atom is 0.226 e. The Kier molecular flexibility index (Phi) is 6.47. The second-order valence-electron chi connectivity index (χ2n) is 9.11. The van der Waals surface area contributed by atoms with E-state index in [1.54, 1.807) is 0 Å². The number of carbonyl (C=O) groups is 1. The highest BCUT2D eigenvalue weighted by atomic mass is 16.3. The zero-order valence-electron chi connectivity index (χ0n) is 18.7. The zero-order chi connectivity index (χ0) is 22.0. The number of likely N-dealkylation sites (tertiary alicyclic amines) is 1. The minimum atomic E-state index is -0.783. The minimum absolute atomic E-state index is 0.156. The topological polar surface area (TPSA) is 64.0 Å². The molecule has 2 heterocycles. The average Bonchev–Trinajstić information content (AvgIpc) is 2.79. The van der Waals surface area contributed by atoms with Crippen LogP contribution < -0.4 is 4.90 Å². The first kappa shape index (κ1) is 22.0. The third-order valence-corrected chi connectivity index (χ3v) is 6.88. The van der Waals surface area contributed by atoms with Gasteiger partial charge in [-0.1, -0.05) is 48.9 Å². The number of carbonyl (C=O) groups excluding carboxylic acids is 1. The molecule has 1 fully saturated rings. The number of aliphatic hydroxyl groups is 2. The van der Waals surface area contributed by atoms with Gasteiger partial charge in [0.1, 0.15) is 0 Å². The summed E-state index contributed by atoms with van der Waals surface area (Å²) >= 11 is 0. The maximum atomic E-state index is 12.2. The summed E-state index contributed by atoms with van der Waals surface area (Å²) in [6.07, 6.45) is 3.17. The van der Waals surface area contributed by atoms with Crippen molar-refractivity contribution in [1.29, 1.82) is 0 Å². The number of fused-ring (bicyclic) bond motifs is 1. The lowest BCUT2D eigenvalue weighted by molar-refractivity contribution is -0.118. The third kappa shape index (κ3) is 4.69. The van der Waals surface area contributed by atoms with Crippen molar-refractivity contribution >= 4 is 11.6 Å². The van der Waals surface area contributed by atoms with Gasteiger partial charge in [-0.25, -0.2) is 0 Å². The van der Waals surface area contributed by atoms with Crippen LogP contribution in [0.15, 0.2) is 42.5 Å². The predicted molar refractivity (Wildman–Crippen MR) is 123 cm³/mol. The number of nitrogens with zero attached hydrogens (tertiary/aromatic N) is 2. The molecule has 0 saturated carbocycles. The van der Waals surface area contributed by atoms with Crippen molar-refractivity contribution in [3.8, 4) is 0 Å². The number of benzene rings is 2. The van der Waals surface area contributed by atoms with Crippen molar-refractivity contribution in [2.24, 2.45) is 0 Å². The zero-order valence-corrected chi connectivity index (χ0v) is 18.7. The number of rotatable bonds is 5. The number of hydrogen-bond acceptors (Lipinski definition) is 4. The largest absolute Gasteiger partial charge is 0.387 e. The van der Waals surface area contributed by atoms with E-state index in [4.69, 9.17) is 0 Å². The van der Waals surface area contributed by atoms with Gasteiger partial charge in [-0.15, -0.1) is 0 Å². The highest BCUT2D eigenvalue weighted by Gasteiger charge is 2.34. The van der Waals surface area contributed by atoms with E-state index in [9.17, 15) is 15.0 Å². The van der Waals surface area contributed by atoms with Crippen LogP contribution in [0.4, 0.5) is 5.69 Å². The Morgan fingerprint density at radius 2 is 1.90 bits per heavy atom. The Morgan fingerprint density at radius 3 is 2.61 bits per heavy atom. The smallest absolute Gasteiger partial charge is 0.226 e. The van der Waals surface area contributed by atoms with Gasteiger partial charge in [-0.2, -0.15) is 0 Å². The van der Waals surface area contributed by atoms with E-state index in [-0.39, 0.29) is 5.91 Å². The Labute approximate surface area is 185 Å². The lowest BCUT2D eigenvalue weighted by atomic mass is 9.83. The summed E-state index contributed by atoms with van der Waals surface area (Å²) in [4.78, 5) is 16.4. The van der Waals surface area contributed by atoms with Crippen molar-refractivity contribution < 1.29 is 15.0 Å². The molecule has 0 aliphatic carbocycles. The summed E-state index contributed by atoms with van der Waals surface area (Å²) in [7, 11) is 0. The fourth-order valence-corrected chi connectivity index (χ4v) is 4.95. The first-order chi connectivity index (χ1) is 14.9. The molecule has 2 aliphatic heterocycles. The fourth-order valence-electron chi connectivity index (χ4n) is 4.95. The lowest BCUT2D eigenvalue weighted by Gasteiger charge is -2.39. The van der Waals surface area contributed by atoms with Crippen LogP contribution in [0.1, 0.15) is 61.0 Å². The van der Waals surface area contributed by atoms with Crippen LogP contribution in [0.25, 0.3) is 0 Å². The molecule has 2 aromatic rings. The lowest BCUT2D eigenvalue weighted by Crippen LogP contribution is -2.44. The molecule has 1 amide bonds. The van der Waals surface area contributed by atoms with Gasteiger partial charge < -0.3 is 20.0 Å². The average molecular weight is 423 g/mol. The molecular formula is C26H34N2O3. The Morgan fingerprint density at radius 1 is 1.13 bits per heavy atom. The molecule has 0 bridgehead atoms. The number of hydrogen-bond donors (Lipinski definition) is 2. The van der Waals surface area contributed by atoms with E-state index < -0.39 is 11.7 Å². The standard InChI is InChI=1S/C26H34N2O3/c1-3-25(30)28-13-5-7-20-17-21(9-10-23(20)28)24(29)18-27-14-11-26(31,12-15-27)22-8-4-6-19(2)16-22/h4,6,8-10,16-17,24,29,31H,3,5,7,11-15,18H2,1-2H3. The SMILES string of the molecule is CCC(=O)N1CCCc2cc(C(O)CN3CCC(O)(c4cccc(C)c4)CC3)ccc21. The van der Waals surface area contributed by atoms with Gasteiger partial charge in [0.2, 0.25) is 5.91 Å². The Balaban J connectivity index is 1.39. The van der Waals surface area contributed by atoms with E-state index >= 15 is 0 Å². The van der Waals surface area contributed by atoms with Crippen molar-refractivity contribution in [2.75, 3.05) is 31.1 Å². The van der Waals surface area contributed by atoms with Crippen molar-refractivity contribution in [2.45, 2.75) is 57.7 Å². The highest BCUT2D eigenvalue weighted by molar-refractivity contribution is 5.94. The minimum Gasteiger partial charge on any atom is -0.387 e. The van der Waals surface area contributed by atoms with Gasteiger partial charge in [0.05, 0.1) is 11.7 Å². The molecule has 4 rings (SSSR count). The third-order valence-electron chi connectivity index (χ3n) is 6.88. The fraction of sp³-hybridized carbons (Fsp3) is 0.500. The number of aliphatic hydroxyl groups excluding tert-OH is 1. The van der Waals surface area contributed by atoms with Gasteiger partial charge in [0.15, 0.2) is 0 Å². The number of β-amino-alcohol motifs (C(OH)–C–C–N with tert-alkyl or cyclic N) is 1. The summed E-state index contributed by atoms with van der Waals surface area (Å²) in [5, 5.41) is 22.0. The number of piperidine rings is 1. The summed E-state index contributed by atoms with van der Waals surface area (Å²) in [6, 6.07) is 14.2. The molecule has 5 nitrogen and oxygen atoms in total. The molecule has 166 valence electrons. The second kappa shape index (κ2) is 9.11. The molecule has 1 atom stereocenters. The predicted octanol–water partition coefficient (Wildman–Crippen LogP) is 3.70. The van der Waals surface area contributed by atoms with Crippen LogP contribution in [-0.2, 0) is 16.8 Å². The van der Waals surface area contributed by atoms with Gasteiger partial charge in [-0.05, 0) is 55.4 Å². The Bertz CT molecular complexity index is 934. The van der Waals surface area contributed by atoms with Crippen LogP contribution in [0.5, 0.6) is 0 Å². The van der Waals surface area contributed by atoms with Crippen LogP contribution >= 0.6 is 0 Å². The molecule has 0 spiro atoms. The Hall–Kier alpha value is -2.21. The van der Waals surface area contributed by atoms with Crippen LogP contribution in [0.2, 0.25) is 0 Å². The van der Waals surface area contributed by atoms with E-state index in [0.29, 0.717) is 25.8 Å². The van der Waals surface area contributed by atoms with Gasteiger partial charge in [0, 0.05) is 38.3 Å². The van der Waals surface area contributed by atoms with Crippen molar-refractivity contribution in [3.63, 3.8) is 0 Å². The molecule has 5 heteroatoms. The summed E-state index contributed by atoms with van der Waals surface area (Å²) < 4.78 is 0. The maximum absolute atomic E-state index is 12.2. The van der Waals surface area contributed by atoms with E-state index in [1.165, 1.54) is 0 Å². The van der Waals surface area contributed by atoms with E-state index in [0.717, 1.165) is 60.4 Å². The van der Waals surface area contributed by atoms with Crippen LogP contribution in [0, 0.1) is 6.92 Å². The summed E-state index contributed by atoms with van der Waals surface area (Å²) in [5.41, 5.74) is 4.43.